The molecule has 2 atom stereocenters. The molecule has 1 aromatic rings. The molecule has 0 aliphatic rings. The molecule has 104 valence electrons. The zero-order chi connectivity index (χ0) is 13.5. The van der Waals surface area contributed by atoms with Crippen LogP contribution in [0.25, 0.3) is 0 Å². The average molecular weight is 251 g/mol. The average Bonchev–Trinajstić information content (AvgIpc) is 2.79. The fraction of sp³-hybridized carbons (Fsp3) is 0.800. The van der Waals surface area contributed by atoms with Gasteiger partial charge in [0.05, 0.1) is 12.2 Å². The molecule has 0 saturated heterocycles. The van der Waals surface area contributed by atoms with Gasteiger partial charge in [-0.05, 0) is 31.4 Å². The molecule has 0 spiro atoms. The van der Waals surface area contributed by atoms with Crippen LogP contribution in [0, 0.1) is 5.92 Å². The first-order valence-corrected chi connectivity index (χ1v) is 7.45. The lowest BCUT2D eigenvalue weighted by atomic mass is 9.99. The number of aryl methyl sites for hydroxylation is 2. The van der Waals surface area contributed by atoms with E-state index >= 15 is 0 Å². The Morgan fingerprint density at radius 2 is 1.94 bits per heavy atom. The highest BCUT2D eigenvalue weighted by molar-refractivity contribution is 5.10. The van der Waals surface area contributed by atoms with Crippen molar-refractivity contribution in [3.05, 3.63) is 17.5 Å². The van der Waals surface area contributed by atoms with Crippen LogP contribution < -0.4 is 5.32 Å². The summed E-state index contributed by atoms with van der Waals surface area (Å²) in [5.41, 5.74) is 2.57. The second-order valence-corrected chi connectivity index (χ2v) is 5.07. The van der Waals surface area contributed by atoms with Gasteiger partial charge in [0.2, 0.25) is 0 Å². The lowest BCUT2D eigenvalue weighted by Crippen LogP contribution is -2.39. The van der Waals surface area contributed by atoms with Gasteiger partial charge in [0, 0.05) is 11.7 Å². The van der Waals surface area contributed by atoms with Crippen LogP contribution in [0.3, 0.4) is 0 Å². The largest absolute Gasteiger partial charge is 0.312 e. The van der Waals surface area contributed by atoms with Crippen LogP contribution in [0.4, 0.5) is 0 Å². The minimum atomic E-state index is 0.523. The van der Waals surface area contributed by atoms with Crippen LogP contribution in [0.2, 0.25) is 0 Å². The number of rotatable bonds is 8. The van der Waals surface area contributed by atoms with Crippen LogP contribution in [0.5, 0.6) is 0 Å². The zero-order valence-electron chi connectivity index (χ0n) is 12.7. The van der Waals surface area contributed by atoms with Crippen molar-refractivity contribution >= 4 is 0 Å². The maximum atomic E-state index is 4.71. The van der Waals surface area contributed by atoms with Crippen molar-refractivity contribution in [3.63, 3.8) is 0 Å². The van der Waals surface area contributed by atoms with Gasteiger partial charge in [-0.2, -0.15) is 5.10 Å². The molecule has 0 fully saturated rings. The molecule has 0 aromatic carbocycles. The molecule has 0 bridgehead atoms. The van der Waals surface area contributed by atoms with Crippen LogP contribution in [0.15, 0.2) is 6.07 Å². The highest BCUT2D eigenvalue weighted by Crippen LogP contribution is 2.13. The quantitative estimate of drug-likeness (QED) is 0.769. The molecular weight excluding hydrogens is 222 g/mol. The van der Waals surface area contributed by atoms with E-state index in [1.165, 1.54) is 17.8 Å². The zero-order valence-corrected chi connectivity index (χ0v) is 12.7. The third kappa shape index (κ3) is 3.84. The summed E-state index contributed by atoms with van der Waals surface area (Å²) in [5.74, 6) is 0.684. The first kappa shape index (κ1) is 15.2. The molecule has 3 heteroatoms. The number of hydrogen-bond donors (Lipinski definition) is 1. The van der Waals surface area contributed by atoms with Crippen molar-refractivity contribution in [2.45, 2.75) is 66.5 Å². The molecule has 2 unspecified atom stereocenters. The Hall–Kier alpha value is -0.830. The molecule has 0 amide bonds. The molecule has 18 heavy (non-hydrogen) atoms. The molecule has 1 N–H and O–H groups in total. The number of nitrogens with one attached hydrogen (secondary N) is 1. The molecule has 0 aliphatic heterocycles. The van der Waals surface area contributed by atoms with E-state index in [0.717, 1.165) is 25.9 Å². The van der Waals surface area contributed by atoms with Crippen molar-refractivity contribution < 1.29 is 0 Å². The van der Waals surface area contributed by atoms with Crippen molar-refractivity contribution in [1.29, 1.82) is 0 Å². The van der Waals surface area contributed by atoms with E-state index in [9.17, 15) is 0 Å². The summed E-state index contributed by atoms with van der Waals surface area (Å²) in [4.78, 5) is 0. The predicted octanol–water partition coefficient (Wildman–Crippen LogP) is 3.03. The minimum absolute atomic E-state index is 0.523. The third-order valence-corrected chi connectivity index (χ3v) is 3.81. The fourth-order valence-corrected chi connectivity index (χ4v) is 2.31. The molecule has 1 aromatic heterocycles. The van der Waals surface area contributed by atoms with Crippen LogP contribution in [-0.4, -0.2) is 22.4 Å². The second-order valence-electron chi connectivity index (χ2n) is 5.07. The van der Waals surface area contributed by atoms with Crippen LogP contribution in [-0.2, 0) is 19.4 Å². The number of hydrogen-bond acceptors (Lipinski definition) is 2. The van der Waals surface area contributed by atoms with E-state index in [4.69, 9.17) is 5.10 Å². The van der Waals surface area contributed by atoms with Crippen LogP contribution in [0.1, 0.15) is 52.4 Å². The van der Waals surface area contributed by atoms with Gasteiger partial charge in [0.25, 0.3) is 0 Å². The fourth-order valence-electron chi connectivity index (χ4n) is 2.31. The molecule has 3 nitrogen and oxygen atoms in total. The lowest BCUT2D eigenvalue weighted by molar-refractivity contribution is 0.319. The maximum absolute atomic E-state index is 4.71. The summed E-state index contributed by atoms with van der Waals surface area (Å²) < 4.78 is 2.21. The Kier molecular flexibility index (Phi) is 6.41. The van der Waals surface area contributed by atoms with Gasteiger partial charge in [0.15, 0.2) is 0 Å². The number of likely N-dealkylation sites (N-methyl/N-ethyl adjacent to an activating group) is 1. The number of nitrogens with zero attached hydrogens (tertiary/aromatic N) is 2. The Bertz CT molecular complexity index is 344. The smallest absolute Gasteiger partial charge is 0.0624 e. The summed E-state index contributed by atoms with van der Waals surface area (Å²) in [7, 11) is 0. The summed E-state index contributed by atoms with van der Waals surface area (Å²) in [5, 5.41) is 8.31. The Morgan fingerprint density at radius 3 is 2.44 bits per heavy atom. The molecule has 1 heterocycles. The van der Waals surface area contributed by atoms with Gasteiger partial charge >= 0.3 is 0 Å². The van der Waals surface area contributed by atoms with Gasteiger partial charge in [0.1, 0.15) is 0 Å². The first-order chi connectivity index (χ1) is 8.65. The van der Waals surface area contributed by atoms with E-state index in [2.05, 4.69) is 50.7 Å². The van der Waals surface area contributed by atoms with Crippen molar-refractivity contribution in [3.8, 4) is 0 Å². The standard InChI is InChI=1S/C15H29N3/c1-6-12(5)15(16-9-4)11-18-14(8-3)10-13(7-2)17-18/h10,12,15-16H,6-9,11H2,1-5H3. The topological polar surface area (TPSA) is 29.9 Å². The predicted molar refractivity (Wildman–Crippen MR) is 77.9 cm³/mol. The van der Waals surface area contributed by atoms with E-state index in [0.29, 0.717) is 12.0 Å². The Balaban J connectivity index is 2.81. The Morgan fingerprint density at radius 1 is 1.22 bits per heavy atom. The van der Waals surface area contributed by atoms with E-state index in [1.54, 1.807) is 0 Å². The summed E-state index contributed by atoms with van der Waals surface area (Å²) >= 11 is 0. The van der Waals surface area contributed by atoms with Gasteiger partial charge in [-0.1, -0.05) is 41.0 Å². The van der Waals surface area contributed by atoms with Gasteiger partial charge in [-0.25, -0.2) is 0 Å². The minimum Gasteiger partial charge on any atom is -0.312 e. The van der Waals surface area contributed by atoms with Crippen LogP contribution >= 0.6 is 0 Å². The van der Waals surface area contributed by atoms with Gasteiger partial charge < -0.3 is 5.32 Å². The molecule has 0 aliphatic carbocycles. The summed E-state index contributed by atoms with van der Waals surface area (Å²) in [6, 6.07) is 2.77. The highest BCUT2D eigenvalue weighted by Gasteiger charge is 2.17. The summed E-state index contributed by atoms with van der Waals surface area (Å²) in [6.45, 7) is 13.2. The first-order valence-electron chi connectivity index (χ1n) is 7.45. The Labute approximate surface area is 112 Å². The van der Waals surface area contributed by atoms with Crippen molar-refractivity contribution in [1.82, 2.24) is 15.1 Å². The third-order valence-electron chi connectivity index (χ3n) is 3.81. The normalized spacial score (nSPS) is 14.7. The maximum Gasteiger partial charge on any atom is 0.0624 e. The summed E-state index contributed by atoms with van der Waals surface area (Å²) in [6.07, 6.45) is 3.29. The highest BCUT2D eigenvalue weighted by atomic mass is 15.3. The molecular formula is C15H29N3. The van der Waals surface area contributed by atoms with Gasteiger partial charge in [-0.3, -0.25) is 4.68 Å². The van der Waals surface area contributed by atoms with Crippen molar-refractivity contribution in [2.75, 3.05) is 6.54 Å². The molecule has 0 saturated carbocycles. The van der Waals surface area contributed by atoms with E-state index in [-0.39, 0.29) is 0 Å². The molecule has 1 rings (SSSR count). The SMILES string of the molecule is CCNC(Cn1nc(CC)cc1CC)C(C)CC. The van der Waals surface area contributed by atoms with Crippen molar-refractivity contribution in [2.24, 2.45) is 5.92 Å². The van der Waals surface area contributed by atoms with E-state index < -0.39 is 0 Å². The monoisotopic (exact) mass is 251 g/mol. The molecule has 0 radical (unpaired) electrons. The second kappa shape index (κ2) is 7.57. The number of aromatic nitrogens is 2. The van der Waals surface area contributed by atoms with E-state index in [1.807, 2.05) is 0 Å². The van der Waals surface area contributed by atoms with Gasteiger partial charge in [-0.15, -0.1) is 0 Å². The lowest BCUT2D eigenvalue weighted by Gasteiger charge is -2.24.